The van der Waals surface area contributed by atoms with Crippen LogP contribution in [0.2, 0.25) is 0 Å². The summed E-state index contributed by atoms with van der Waals surface area (Å²) in [7, 11) is 0. The number of nitro groups is 1. The molecule has 1 aromatic heterocycles. The minimum Gasteiger partial charge on any atom is -0.457 e. The third kappa shape index (κ3) is 4.39. The lowest BCUT2D eigenvalue weighted by atomic mass is 10.0. The number of nitrogens with zero attached hydrogens (tertiary/aromatic N) is 2. The van der Waals surface area contributed by atoms with E-state index in [1.165, 1.54) is 12.1 Å². The fourth-order valence-electron chi connectivity index (χ4n) is 2.77. The third-order valence-corrected chi connectivity index (χ3v) is 4.43. The van der Waals surface area contributed by atoms with E-state index in [-0.39, 0.29) is 11.3 Å². The molecule has 3 rings (SSSR count). The molecule has 29 heavy (non-hydrogen) atoms. The predicted octanol–water partition coefficient (Wildman–Crippen LogP) is 5.02. The molecule has 0 aliphatic carbocycles. The van der Waals surface area contributed by atoms with Gasteiger partial charge in [0.1, 0.15) is 23.2 Å². The van der Waals surface area contributed by atoms with Crippen molar-refractivity contribution in [3.63, 3.8) is 0 Å². The van der Waals surface area contributed by atoms with Gasteiger partial charge in [0.05, 0.1) is 4.92 Å². The maximum atomic E-state index is 12.3. The summed E-state index contributed by atoms with van der Waals surface area (Å²) in [6.45, 7) is 3.48. The van der Waals surface area contributed by atoms with Crippen molar-refractivity contribution in [1.82, 2.24) is 0 Å². The number of rotatable bonds is 5. The largest absolute Gasteiger partial charge is 0.457 e. The molecule has 0 bridgehead atoms. The van der Waals surface area contributed by atoms with E-state index in [2.05, 4.69) is 5.32 Å². The van der Waals surface area contributed by atoms with Crippen LogP contribution in [0.3, 0.4) is 0 Å². The molecule has 1 N–H and O–H groups in total. The Hall–Kier alpha value is -4.18. The van der Waals surface area contributed by atoms with E-state index in [9.17, 15) is 20.2 Å². The number of nitro benzene ring substituents is 1. The van der Waals surface area contributed by atoms with Crippen LogP contribution in [0.5, 0.6) is 0 Å². The van der Waals surface area contributed by atoms with Gasteiger partial charge in [-0.1, -0.05) is 18.2 Å². The van der Waals surface area contributed by atoms with Gasteiger partial charge in [0.2, 0.25) is 0 Å². The SMILES string of the molecule is Cc1cc(-c2ccc(/C=C(/C#N)C(=O)Nc3ccccc3)o2)cc([N+](=O)[O-])c1C. The van der Waals surface area contributed by atoms with Crippen LogP contribution in [0, 0.1) is 35.3 Å². The molecular weight excluding hydrogens is 370 g/mol. The zero-order valence-electron chi connectivity index (χ0n) is 15.8. The van der Waals surface area contributed by atoms with Gasteiger partial charge < -0.3 is 9.73 Å². The van der Waals surface area contributed by atoms with E-state index >= 15 is 0 Å². The van der Waals surface area contributed by atoms with E-state index in [0.29, 0.717) is 28.3 Å². The van der Waals surface area contributed by atoms with Crippen molar-refractivity contribution in [2.45, 2.75) is 13.8 Å². The minimum atomic E-state index is -0.557. The summed E-state index contributed by atoms with van der Waals surface area (Å²) >= 11 is 0. The number of carbonyl (C=O) groups excluding carboxylic acids is 1. The lowest BCUT2D eigenvalue weighted by Gasteiger charge is -2.05. The Balaban J connectivity index is 1.88. The van der Waals surface area contributed by atoms with Gasteiger partial charge in [0.15, 0.2) is 0 Å². The average molecular weight is 387 g/mol. The number of hydrogen-bond acceptors (Lipinski definition) is 5. The van der Waals surface area contributed by atoms with Crippen LogP contribution < -0.4 is 5.32 Å². The smallest absolute Gasteiger partial charge is 0.273 e. The molecule has 0 aliphatic rings. The number of para-hydroxylation sites is 1. The molecule has 144 valence electrons. The monoisotopic (exact) mass is 387 g/mol. The van der Waals surface area contributed by atoms with E-state index < -0.39 is 10.8 Å². The molecule has 7 heteroatoms. The Labute approximate surface area is 167 Å². The number of furan rings is 1. The molecule has 0 saturated carbocycles. The molecule has 1 heterocycles. The summed E-state index contributed by atoms with van der Waals surface area (Å²) in [4.78, 5) is 23.1. The highest BCUT2D eigenvalue weighted by molar-refractivity contribution is 6.09. The molecule has 0 saturated heterocycles. The fraction of sp³-hybridized carbons (Fsp3) is 0.0909. The maximum Gasteiger partial charge on any atom is 0.273 e. The zero-order chi connectivity index (χ0) is 21.0. The van der Waals surface area contributed by atoms with Gasteiger partial charge in [-0.3, -0.25) is 14.9 Å². The number of amides is 1. The van der Waals surface area contributed by atoms with Crippen LogP contribution in [0.4, 0.5) is 11.4 Å². The summed E-state index contributed by atoms with van der Waals surface area (Å²) in [6.07, 6.45) is 1.33. The second-order valence-corrected chi connectivity index (χ2v) is 6.39. The Morgan fingerprint density at radius 1 is 1.17 bits per heavy atom. The van der Waals surface area contributed by atoms with Crippen molar-refractivity contribution in [3.05, 3.63) is 87.2 Å². The molecular formula is C22H17N3O4. The second-order valence-electron chi connectivity index (χ2n) is 6.39. The van der Waals surface area contributed by atoms with Crippen molar-refractivity contribution in [2.75, 3.05) is 5.32 Å². The summed E-state index contributed by atoms with van der Waals surface area (Å²) in [6, 6.07) is 17.1. The Bertz CT molecular complexity index is 1150. The van der Waals surface area contributed by atoms with Crippen molar-refractivity contribution in [1.29, 1.82) is 5.26 Å². The molecule has 0 spiro atoms. The summed E-state index contributed by atoms with van der Waals surface area (Å²) < 4.78 is 5.70. The topological polar surface area (TPSA) is 109 Å². The van der Waals surface area contributed by atoms with Crippen molar-refractivity contribution in [2.24, 2.45) is 0 Å². The van der Waals surface area contributed by atoms with E-state index in [1.54, 1.807) is 56.3 Å². The normalized spacial score (nSPS) is 11.0. The molecule has 2 aromatic carbocycles. The quantitative estimate of drug-likeness (QED) is 0.286. The van der Waals surface area contributed by atoms with Gasteiger partial charge in [0, 0.05) is 29.0 Å². The minimum absolute atomic E-state index is 0.00782. The highest BCUT2D eigenvalue weighted by Crippen LogP contribution is 2.31. The lowest BCUT2D eigenvalue weighted by Crippen LogP contribution is -2.13. The van der Waals surface area contributed by atoms with Gasteiger partial charge in [-0.05, 0) is 49.7 Å². The van der Waals surface area contributed by atoms with Crippen LogP contribution in [0.25, 0.3) is 17.4 Å². The third-order valence-electron chi connectivity index (χ3n) is 4.43. The van der Waals surface area contributed by atoms with Gasteiger partial charge >= 0.3 is 0 Å². The fourth-order valence-corrected chi connectivity index (χ4v) is 2.77. The van der Waals surface area contributed by atoms with Crippen molar-refractivity contribution in [3.8, 4) is 17.4 Å². The Kier molecular flexibility index (Phi) is 5.56. The van der Waals surface area contributed by atoms with E-state index in [4.69, 9.17) is 4.42 Å². The van der Waals surface area contributed by atoms with Crippen LogP contribution in [-0.2, 0) is 4.79 Å². The molecule has 0 fully saturated rings. The number of nitriles is 1. The number of anilines is 1. The number of hydrogen-bond donors (Lipinski definition) is 1. The standard InChI is InChI=1S/C22H17N3O4/c1-14-10-16(12-20(15(14)2)25(27)28)21-9-8-19(29-21)11-17(13-23)22(26)24-18-6-4-3-5-7-18/h3-12H,1-2H3,(H,24,26)/b17-11-. The first-order valence-electron chi connectivity index (χ1n) is 8.73. The maximum absolute atomic E-state index is 12.3. The summed E-state index contributed by atoms with van der Waals surface area (Å²) in [5.41, 5.74) is 2.36. The molecule has 0 aliphatic heterocycles. The van der Waals surface area contributed by atoms with Crippen LogP contribution in [0.15, 0.2) is 64.6 Å². The van der Waals surface area contributed by atoms with Crippen LogP contribution >= 0.6 is 0 Å². The molecule has 7 nitrogen and oxygen atoms in total. The van der Waals surface area contributed by atoms with Crippen LogP contribution in [-0.4, -0.2) is 10.8 Å². The van der Waals surface area contributed by atoms with E-state index in [1.807, 2.05) is 12.1 Å². The second kappa shape index (κ2) is 8.23. The molecule has 3 aromatic rings. The van der Waals surface area contributed by atoms with Gasteiger partial charge in [-0.15, -0.1) is 0 Å². The highest BCUT2D eigenvalue weighted by Gasteiger charge is 2.17. The van der Waals surface area contributed by atoms with Gasteiger partial charge in [-0.25, -0.2) is 0 Å². The van der Waals surface area contributed by atoms with Gasteiger partial charge in [0.25, 0.3) is 11.6 Å². The highest BCUT2D eigenvalue weighted by atomic mass is 16.6. The Morgan fingerprint density at radius 3 is 2.55 bits per heavy atom. The molecule has 1 amide bonds. The van der Waals surface area contributed by atoms with E-state index in [0.717, 1.165) is 5.56 Å². The summed E-state index contributed by atoms with van der Waals surface area (Å²) in [5.74, 6) is 0.141. The lowest BCUT2D eigenvalue weighted by molar-refractivity contribution is -0.385. The molecule has 0 atom stereocenters. The molecule has 0 radical (unpaired) electrons. The molecule has 0 unspecified atom stereocenters. The number of carbonyl (C=O) groups is 1. The first-order valence-corrected chi connectivity index (χ1v) is 8.73. The number of nitrogens with one attached hydrogen (secondary N) is 1. The first-order chi connectivity index (χ1) is 13.9. The average Bonchev–Trinajstić information content (AvgIpc) is 3.17. The van der Waals surface area contributed by atoms with Crippen LogP contribution in [0.1, 0.15) is 16.9 Å². The zero-order valence-corrected chi connectivity index (χ0v) is 15.8. The van der Waals surface area contributed by atoms with Gasteiger partial charge in [-0.2, -0.15) is 5.26 Å². The number of benzene rings is 2. The Morgan fingerprint density at radius 2 is 1.90 bits per heavy atom. The van der Waals surface area contributed by atoms with Crippen molar-refractivity contribution >= 4 is 23.4 Å². The number of aryl methyl sites for hydroxylation is 1. The first kappa shape index (κ1) is 19.6. The summed E-state index contributed by atoms with van der Waals surface area (Å²) in [5, 5.41) is 23.2. The van der Waals surface area contributed by atoms with Crippen molar-refractivity contribution < 1.29 is 14.1 Å². The predicted molar refractivity (Wildman–Crippen MR) is 109 cm³/mol.